The number of hydrogen-bond donors (Lipinski definition) is 2. The van der Waals surface area contributed by atoms with Crippen molar-refractivity contribution in [2.75, 3.05) is 18.9 Å². The number of anilines is 1. The molecule has 0 fully saturated rings. The van der Waals surface area contributed by atoms with E-state index in [1.807, 2.05) is 32.0 Å². The van der Waals surface area contributed by atoms with Crippen molar-refractivity contribution in [3.63, 3.8) is 0 Å². The van der Waals surface area contributed by atoms with Gasteiger partial charge in [0.25, 0.3) is 5.91 Å². The monoisotopic (exact) mass is 355 g/mol. The Kier molecular flexibility index (Phi) is 5.65. The van der Waals surface area contributed by atoms with E-state index in [2.05, 4.69) is 10.3 Å². The van der Waals surface area contributed by atoms with Crippen LogP contribution in [0.15, 0.2) is 18.2 Å². The van der Waals surface area contributed by atoms with Crippen LogP contribution in [-0.4, -0.2) is 41.1 Å². The molecule has 26 heavy (non-hydrogen) atoms. The molecule has 0 radical (unpaired) electrons. The summed E-state index contributed by atoms with van der Waals surface area (Å²) in [5.74, 6) is -0.692. The molecule has 2 amide bonds. The maximum atomic E-state index is 12.7. The lowest BCUT2D eigenvalue weighted by molar-refractivity contribution is -0.116. The molecule has 0 aliphatic heterocycles. The third-order valence-electron chi connectivity index (χ3n) is 4.61. The highest BCUT2D eigenvalue weighted by molar-refractivity contribution is 6.04. The standard InChI is InChI=1S/C20H25N3O3/c1-11-8-7-9-16(12(11)2)22-17(25)10-23(6)20(26)19-13(3)18(15(5)24)14(4)21-19/h7-9,21H,10H2,1-6H3,(H,22,25). The van der Waals surface area contributed by atoms with Gasteiger partial charge in [0.05, 0.1) is 6.54 Å². The molecular weight excluding hydrogens is 330 g/mol. The van der Waals surface area contributed by atoms with Gasteiger partial charge in [-0.2, -0.15) is 0 Å². The molecule has 6 nitrogen and oxygen atoms in total. The van der Waals surface area contributed by atoms with Crippen molar-refractivity contribution >= 4 is 23.3 Å². The molecule has 6 heteroatoms. The number of benzene rings is 1. The van der Waals surface area contributed by atoms with Crippen LogP contribution in [0.4, 0.5) is 5.69 Å². The molecule has 1 aromatic heterocycles. The van der Waals surface area contributed by atoms with Gasteiger partial charge in [0.1, 0.15) is 5.69 Å². The molecule has 0 aliphatic carbocycles. The number of carbonyl (C=O) groups is 3. The number of nitrogens with zero attached hydrogens (tertiary/aromatic N) is 1. The van der Waals surface area contributed by atoms with Gasteiger partial charge in [0.2, 0.25) is 5.91 Å². The smallest absolute Gasteiger partial charge is 0.270 e. The summed E-state index contributed by atoms with van der Waals surface area (Å²) in [5, 5.41) is 2.84. The summed E-state index contributed by atoms with van der Waals surface area (Å²) in [7, 11) is 1.56. The van der Waals surface area contributed by atoms with Gasteiger partial charge in [-0.25, -0.2) is 0 Å². The van der Waals surface area contributed by atoms with Crippen LogP contribution in [0.5, 0.6) is 0 Å². The molecule has 0 atom stereocenters. The Morgan fingerprint density at radius 1 is 1.08 bits per heavy atom. The van der Waals surface area contributed by atoms with Crippen LogP contribution in [0.3, 0.4) is 0 Å². The second-order valence-corrected chi connectivity index (χ2v) is 6.64. The fourth-order valence-electron chi connectivity index (χ4n) is 3.05. The SMILES string of the molecule is CC(=O)c1c(C)[nH]c(C(=O)N(C)CC(=O)Nc2cccc(C)c2C)c1C. The summed E-state index contributed by atoms with van der Waals surface area (Å²) in [5.41, 5.74) is 4.96. The Hall–Kier alpha value is -2.89. The zero-order valence-electron chi connectivity index (χ0n) is 16.1. The minimum absolute atomic E-state index is 0.0842. The Bertz CT molecular complexity index is 881. The first-order valence-corrected chi connectivity index (χ1v) is 8.45. The third kappa shape index (κ3) is 3.85. The van der Waals surface area contributed by atoms with E-state index in [-0.39, 0.29) is 24.1 Å². The summed E-state index contributed by atoms with van der Waals surface area (Å²) >= 11 is 0. The first kappa shape index (κ1) is 19.4. The molecule has 0 saturated carbocycles. The number of aromatic amines is 1. The zero-order valence-corrected chi connectivity index (χ0v) is 16.1. The molecule has 0 aliphatic rings. The number of aryl methyl sites for hydroxylation is 2. The molecule has 0 saturated heterocycles. The van der Waals surface area contributed by atoms with E-state index in [4.69, 9.17) is 0 Å². The number of carbonyl (C=O) groups excluding carboxylic acids is 3. The van der Waals surface area contributed by atoms with Gasteiger partial charge in [-0.05, 0) is 57.4 Å². The molecule has 1 heterocycles. The number of nitrogens with one attached hydrogen (secondary N) is 2. The van der Waals surface area contributed by atoms with Crippen LogP contribution in [0.25, 0.3) is 0 Å². The van der Waals surface area contributed by atoms with Gasteiger partial charge in [0.15, 0.2) is 5.78 Å². The summed E-state index contributed by atoms with van der Waals surface area (Å²) in [6.07, 6.45) is 0. The van der Waals surface area contributed by atoms with Gasteiger partial charge in [-0.15, -0.1) is 0 Å². The van der Waals surface area contributed by atoms with Crippen LogP contribution in [0, 0.1) is 27.7 Å². The molecule has 0 unspecified atom stereocenters. The van der Waals surface area contributed by atoms with Crippen molar-refractivity contribution in [2.24, 2.45) is 0 Å². The van der Waals surface area contributed by atoms with Crippen molar-refractivity contribution in [3.05, 3.63) is 51.8 Å². The summed E-state index contributed by atoms with van der Waals surface area (Å²) < 4.78 is 0. The zero-order chi connectivity index (χ0) is 19.6. The molecule has 138 valence electrons. The molecule has 0 bridgehead atoms. The van der Waals surface area contributed by atoms with E-state index in [0.29, 0.717) is 22.5 Å². The van der Waals surface area contributed by atoms with E-state index in [9.17, 15) is 14.4 Å². The van der Waals surface area contributed by atoms with Crippen molar-refractivity contribution in [1.82, 2.24) is 9.88 Å². The fourth-order valence-corrected chi connectivity index (χ4v) is 3.05. The third-order valence-corrected chi connectivity index (χ3v) is 4.61. The summed E-state index contributed by atoms with van der Waals surface area (Å²) in [6.45, 7) is 8.79. The number of Topliss-reactive ketones (excluding diaryl/α,β-unsaturated/α-hetero) is 1. The van der Waals surface area contributed by atoms with Gasteiger partial charge in [-0.3, -0.25) is 14.4 Å². The number of H-pyrrole nitrogens is 1. The lowest BCUT2D eigenvalue weighted by Crippen LogP contribution is -2.35. The number of hydrogen-bond acceptors (Lipinski definition) is 3. The van der Waals surface area contributed by atoms with Crippen LogP contribution in [0.1, 0.15) is 50.2 Å². The van der Waals surface area contributed by atoms with Crippen molar-refractivity contribution < 1.29 is 14.4 Å². The first-order chi connectivity index (χ1) is 12.1. The van der Waals surface area contributed by atoms with E-state index in [1.165, 1.54) is 11.8 Å². The first-order valence-electron chi connectivity index (χ1n) is 8.45. The normalized spacial score (nSPS) is 10.5. The second kappa shape index (κ2) is 7.56. The van der Waals surface area contributed by atoms with E-state index in [0.717, 1.165) is 16.8 Å². The molecule has 2 rings (SSSR count). The van der Waals surface area contributed by atoms with Crippen LogP contribution >= 0.6 is 0 Å². The summed E-state index contributed by atoms with van der Waals surface area (Å²) in [4.78, 5) is 41.0. The van der Waals surface area contributed by atoms with Crippen molar-refractivity contribution in [1.29, 1.82) is 0 Å². The Labute approximate surface area is 153 Å². The van der Waals surface area contributed by atoms with Crippen molar-refractivity contribution in [3.8, 4) is 0 Å². The van der Waals surface area contributed by atoms with Crippen LogP contribution in [-0.2, 0) is 4.79 Å². The number of ketones is 1. The highest BCUT2D eigenvalue weighted by atomic mass is 16.2. The van der Waals surface area contributed by atoms with Crippen molar-refractivity contribution in [2.45, 2.75) is 34.6 Å². The predicted octanol–water partition coefficient (Wildman–Crippen LogP) is 3.16. The maximum absolute atomic E-state index is 12.7. The van der Waals surface area contributed by atoms with Crippen LogP contribution < -0.4 is 5.32 Å². The van der Waals surface area contributed by atoms with E-state index < -0.39 is 0 Å². The van der Waals surface area contributed by atoms with Gasteiger partial charge < -0.3 is 15.2 Å². The highest BCUT2D eigenvalue weighted by Gasteiger charge is 2.23. The lowest BCUT2D eigenvalue weighted by atomic mass is 10.1. The number of aromatic nitrogens is 1. The topological polar surface area (TPSA) is 82.3 Å². The highest BCUT2D eigenvalue weighted by Crippen LogP contribution is 2.20. The molecule has 2 N–H and O–H groups in total. The molecule has 0 spiro atoms. The van der Waals surface area contributed by atoms with Crippen LogP contribution in [0.2, 0.25) is 0 Å². The van der Waals surface area contributed by atoms with Gasteiger partial charge in [0, 0.05) is 24.0 Å². The Morgan fingerprint density at radius 2 is 1.73 bits per heavy atom. The predicted molar refractivity (Wildman–Crippen MR) is 102 cm³/mol. The Morgan fingerprint density at radius 3 is 2.31 bits per heavy atom. The lowest BCUT2D eigenvalue weighted by Gasteiger charge is -2.17. The number of rotatable bonds is 5. The van der Waals surface area contributed by atoms with Gasteiger partial charge in [-0.1, -0.05) is 12.1 Å². The fraction of sp³-hybridized carbons (Fsp3) is 0.350. The maximum Gasteiger partial charge on any atom is 0.270 e. The average Bonchev–Trinajstić information content (AvgIpc) is 2.85. The quantitative estimate of drug-likeness (QED) is 0.808. The number of likely N-dealkylation sites (N-methyl/N-ethyl adjacent to an activating group) is 1. The molecule has 1 aromatic carbocycles. The largest absolute Gasteiger partial charge is 0.354 e. The van der Waals surface area contributed by atoms with E-state index >= 15 is 0 Å². The second-order valence-electron chi connectivity index (χ2n) is 6.64. The number of amides is 2. The minimum Gasteiger partial charge on any atom is -0.354 e. The summed E-state index contributed by atoms with van der Waals surface area (Å²) in [6, 6.07) is 5.68. The molecular formula is C20H25N3O3. The minimum atomic E-state index is -0.325. The average molecular weight is 355 g/mol. The van der Waals surface area contributed by atoms with E-state index in [1.54, 1.807) is 20.9 Å². The van der Waals surface area contributed by atoms with Gasteiger partial charge >= 0.3 is 0 Å². The molecule has 2 aromatic rings. The Balaban J connectivity index is 2.12.